The van der Waals surface area contributed by atoms with Crippen LogP contribution in [-0.2, 0) is 15.8 Å². The molecule has 0 saturated heterocycles. The molecule has 1 unspecified atom stereocenters. The van der Waals surface area contributed by atoms with Gasteiger partial charge >= 0.3 is 6.18 Å². The van der Waals surface area contributed by atoms with Crippen molar-refractivity contribution in [2.75, 3.05) is 10.6 Å². The van der Waals surface area contributed by atoms with Gasteiger partial charge in [0.25, 0.3) is 0 Å². The monoisotopic (exact) mass is 434 g/mol. The Balaban J connectivity index is 1.63. The maximum absolute atomic E-state index is 12.9. The molecule has 2 N–H and O–H groups in total. The summed E-state index contributed by atoms with van der Waals surface area (Å²) in [6.07, 6.45) is -3.22. The van der Waals surface area contributed by atoms with E-state index in [1.807, 2.05) is 0 Å². The molecular formula is C20H14ClF3N4O2. The van der Waals surface area contributed by atoms with Gasteiger partial charge in [0.15, 0.2) is 0 Å². The van der Waals surface area contributed by atoms with Crippen molar-refractivity contribution in [3.8, 4) is 11.1 Å². The topological polar surface area (TPSA) is 76.0 Å². The van der Waals surface area contributed by atoms with Gasteiger partial charge in [0.1, 0.15) is 11.9 Å². The molecule has 3 aromatic rings. The minimum Gasteiger partial charge on any atom is -0.324 e. The second-order valence-electron chi connectivity index (χ2n) is 6.69. The number of alkyl halides is 3. The number of hydrogen-bond donors (Lipinski definition) is 2. The Hall–Kier alpha value is -3.33. The summed E-state index contributed by atoms with van der Waals surface area (Å²) in [5, 5.41) is 9.91. The van der Waals surface area contributed by atoms with E-state index in [-0.39, 0.29) is 12.1 Å². The molecule has 10 heteroatoms. The van der Waals surface area contributed by atoms with E-state index in [1.165, 1.54) is 23.0 Å². The first-order chi connectivity index (χ1) is 14.2. The molecule has 6 nitrogen and oxygen atoms in total. The van der Waals surface area contributed by atoms with Crippen molar-refractivity contribution in [1.29, 1.82) is 0 Å². The van der Waals surface area contributed by atoms with E-state index < -0.39 is 29.6 Å². The van der Waals surface area contributed by atoms with Crippen molar-refractivity contribution >= 4 is 34.9 Å². The van der Waals surface area contributed by atoms with Crippen LogP contribution in [0.2, 0.25) is 5.02 Å². The number of carbonyl (C=O) groups is 2. The molecule has 30 heavy (non-hydrogen) atoms. The van der Waals surface area contributed by atoms with Crippen LogP contribution in [0.3, 0.4) is 0 Å². The zero-order valence-corrected chi connectivity index (χ0v) is 16.0. The van der Waals surface area contributed by atoms with Crippen LogP contribution in [0.4, 0.5) is 24.7 Å². The van der Waals surface area contributed by atoms with E-state index in [4.69, 9.17) is 11.6 Å². The van der Waals surface area contributed by atoms with Crippen molar-refractivity contribution < 1.29 is 22.8 Å². The Kier molecular flexibility index (Phi) is 4.98. The third-order valence-electron chi connectivity index (χ3n) is 4.64. The summed E-state index contributed by atoms with van der Waals surface area (Å²) < 4.78 is 40.1. The average molecular weight is 435 g/mol. The molecule has 4 rings (SSSR count). The Morgan fingerprint density at radius 2 is 1.93 bits per heavy atom. The minimum absolute atomic E-state index is 0.0209. The predicted molar refractivity (Wildman–Crippen MR) is 105 cm³/mol. The van der Waals surface area contributed by atoms with Crippen LogP contribution in [0.5, 0.6) is 0 Å². The van der Waals surface area contributed by atoms with Gasteiger partial charge in [-0.1, -0.05) is 29.8 Å². The second-order valence-corrected chi connectivity index (χ2v) is 7.13. The standard InChI is InChI=1S/C20H14ClF3N4O2/c21-13-6-4-11(5-7-13)15-10-25-28-16(9-17(29)27-18(15)28)19(30)26-14-3-1-2-12(8-14)20(22,23)24/h1-8,10,16H,9H2,(H,26,30)(H,27,29). The van der Waals surface area contributed by atoms with Crippen molar-refractivity contribution in [1.82, 2.24) is 9.78 Å². The lowest BCUT2D eigenvalue weighted by atomic mass is 10.1. The third kappa shape index (κ3) is 3.88. The van der Waals surface area contributed by atoms with Crippen LogP contribution in [0.25, 0.3) is 11.1 Å². The van der Waals surface area contributed by atoms with Gasteiger partial charge in [-0.2, -0.15) is 18.3 Å². The fourth-order valence-electron chi connectivity index (χ4n) is 3.21. The summed E-state index contributed by atoms with van der Waals surface area (Å²) in [4.78, 5) is 25.0. The van der Waals surface area contributed by atoms with E-state index in [9.17, 15) is 22.8 Å². The molecule has 1 atom stereocenters. The first-order valence-electron chi connectivity index (χ1n) is 8.84. The van der Waals surface area contributed by atoms with Crippen molar-refractivity contribution in [3.63, 3.8) is 0 Å². The number of halogens is 4. The van der Waals surface area contributed by atoms with E-state index >= 15 is 0 Å². The minimum atomic E-state index is -4.53. The number of nitrogens with one attached hydrogen (secondary N) is 2. The Morgan fingerprint density at radius 3 is 2.63 bits per heavy atom. The Morgan fingerprint density at radius 1 is 1.20 bits per heavy atom. The maximum Gasteiger partial charge on any atom is 0.416 e. The van der Waals surface area contributed by atoms with Crippen molar-refractivity contribution in [2.45, 2.75) is 18.6 Å². The summed E-state index contributed by atoms with van der Waals surface area (Å²) in [7, 11) is 0. The van der Waals surface area contributed by atoms with Gasteiger partial charge in [0.2, 0.25) is 11.8 Å². The molecule has 0 spiro atoms. The zero-order valence-electron chi connectivity index (χ0n) is 15.2. The molecule has 2 amide bonds. The van der Waals surface area contributed by atoms with Crippen LogP contribution in [-0.4, -0.2) is 21.6 Å². The molecule has 1 aliphatic rings. The fraction of sp³-hybridized carbons (Fsp3) is 0.150. The second kappa shape index (κ2) is 7.49. The first-order valence-corrected chi connectivity index (χ1v) is 9.21. The lowest BCUT2D eigenvalue weighted by Gasteiger charge is -2.24. The molecule has 0 fully saturated rings. The summed E-state index contributed by atoms with van der Waals surface area (Å²) in [5.41, 5.74) is 0.426. The summed E-state index contributed by atoms with van der Waals surface area (Å²) in [5.74, 6) is -0.712. The van der Waals surface area contributed by atoms with Crippen LogP contribution in [0.1, 0.15) is 18.0 Å². The SMILES string of the molecule is O=C1CC(C(=O)Nc2cccc(C(F)(F)F)c2)n2ncc(-c3ccc(Cl)cc3)c2N1. The summed E-state index contributed by atoms with van der Waals surface area (Å²) in [6.45, 7) is 0. The van der Waals surface area contributed by atoms with Gasteiger partial charge in [-0.25, -0.2) is 4.68 Å². The van der Waals surface area contributed by atoms with Crippen LogP contribution in [0, 0.1) is 0 Å². The van der Waals surface area contributed by atoms with Gasteiger partial charge in [0.05, 0.1) is 18.2 Å². The third-order valence-corrected chi connectivity index (χ3v) is 4.89. The number of nitrogens with zero attached hydrogens (tertiary/aromatic N) is 2. The smallest absolute Gasteiger partial charge is 0.324 e. The van der Waals surface area contributed by atoms with Crippen LogP contribution >= 0.6 is 11.6 Å². The first kappa shape index (κ1) is 20.0. The van der Waals surface area contributed by atoms with Gasteiger partial charge in [-0.05, 0) is 35.9 Å². The Labute approximate surface area is 173 Å². The van der Waals surface area contributed by atoms with Crippen LogP contribution in [0.15, 0.2) is 54.7 Å². The average Bonchev–Trinajstić information content (AvgIpc) is 3.11. The molecule has 1 aliphatic heterocycles. The molecule has 0 radical (unpaired) electrons. The number of hydrogen-bond acceptors (Lipinski definition) is 3. The lowest BCUT2D eigenvalue weighted by molar-refractivity contribution is -0.137. The highest BCUT2D eigenvalue weighted by molar-refractivity contribution is 6.30. The van der Waals surface area contributed by atoms with Gasteiger partial charge < -0.3 is 10.6 Å². The number of carbonyl (C=O) groups excluding carboxylic acids is 2. The van der Waals surface area contributed by atoms with E-state index in [0.29, 0.717) is 16.4 Å². The zero-order chi connectivity index (χ0) is 21.5. The highest BCUT2D eigenvalue weighted by Crippen LogP contribution is 2.35. The normalized spacial score (nSPS) is 16.0. The van der Waals surface area contributed by atoms with Gasteiger partial charge in [0, 0.05) is 16.3 Å². The molecule has 1 aromatic heterocycles. The lowest BCUT2D eigenvalue weighted by Crippen LogP contribution is -2.35. The fourth-order valence-corrected chi connectivity index (χ4v) is 3.34. The number of fused-ring (bicyclic) bond motifs is 1. The highest BCUT2D eigenvalue weighted by atomic mass is 35.5. The number of amides is 2. The van der Waals surface area contributed by atoms with Crippen LogP contribution < -0.4 is 10.6 Å². The van der Waals surface area contributed by atoms with E-state index in [2.05, 4.69) is 15.7 Å². The molecule has 2 aromatic carbocycles. The molecule has 2 heterocycles. The molecular weight excluding hydrogens is 421 g/mol. The van der Waals surface area contributed by atoms with Gasteiger partial charge in [-0.3, -0.25) is 9.59 Å². The maximum atomic E-state index is 12.9. The van der Waals surface area contributed by atoms with Gasteiger partial charge in [-0.15, -0.1) is 0 Å². The van der Waals surface area contributed by atoms with E-state index in [1.54, 1.807) is 24.3 Å². The number of benzene rings is 2. The number of aromatic nitrogens is 2. The number of anilines is 2. The molecule has 0 aliphatic carbocycles. The summed E-state index contributed by atoms with van der Waals surface area (Å²) >= 11 is 5.91. The Bertz CT molecular complexity index is 1130. The highest BCUT2D eigenvalue weighted by Gasteiger charge is 2.34. The van der Waals surface area contributed by atoms with Crippen molar-refractivity contribution in [2.24, 2.45) is 0 Å². The quantitative estimate of drug-likeness (QED) is 0.625. The van der Waals surface area contributed by atoms with E-state index in [0.717, 1.165) is 17.7 Å². The summed E-state index contributed by atoms with van der Waals surface area (Å²) in [6, 6.07) is 10.1. The van der Waals surface area contributed by atoms with Crippen molar-refractivity contribution in [3.05, 3.63) is 65.3 Å². The largest absolute Gasteiger partial charge is 0.416 e. The molecule has 0 saturated carbocycles. The molecule has 0 bridgehead atoms. The molecule has 154 valence electrons. The number of rotatable bonds is 3. The predicted octanol–water partition coefficient (Wildman–Crippen LogP) is 4.74.